The first-order valence-electron chi connectivity index (χ1n) is 6.03. The minimum Gasteiger partial charge on any atom is -0.328 e. The lowest BCUT2D eigenvalue weighted by molar-refractivity contribution is 0.587. The zero-order valence-electron chi connectivity index (χ0n) is 10.6. The van der Waals surface area contributed by atoms with Crippen LogP contribution in [0, 0.1) is 11.6 Å². The molecule has 2 rings (SSSR count). The maximum absolute atomic E-state index is 13.9. The van der Waals surface area contributed by atoms with Gasteiger partial charge in [-0.25, -0.2) is 8.78 Å². The van der Waals surface area contributed by atoms with Gasteiger partial charge in [0.25, 0.3) is 0 Å². The van der Waals surface area contributed by atoms with Crippen molar-refractivity contribution in [3.05, 3.63) is 59.7 Å². The summed E-state index contributed by atoms with van der Waals surface area (Å²) in [6.07, 6.45) is 0.434. The van der Waals surface area contributed by atoms with Gasteiger partial charge in [0.2, 0.25) is 0 Å². The molecule has 0 saturated heterocycles. The summed E-state index contributed by atoms with van der Waals surface area (Å²) >= 11 is 1.23. The molecule has 0 saturated carbocycles. The molecule has 0 fully saturated rings. The van der Waals surface area contributed by atoms with Crippen LogP contribution in [0.4, 0.5) is 8.78 Å². The summed E-state index contributed by atoms with van der Waals surface area (Å²) in [6, 6.07) is 11.2. The molecule has 0 amide bonds. The lowest BCUT2D eigenvalue weighted by Crippen LogP contribution is -2.19. The van der Waals surface area contributed by atoms with Gasteiger partial charge < -0.3 is 5.73 Å². The van der Waals surface area contributed by atoms with Gasteiger partial charge in [0.1, 0.15) is 11.6 Å². The van der Waals surface area contributed by atoms with Gasteiger partial charge in [-0.2, -0.15) is 0 Å². The number of nitrogens with two attached hydrogens (primary N) is 1. The highest BCUT2D eigenvalue weighted by Crippen LogP contribution is 2.33. The first-order valence-corrected chi connectivity index (χ1v) is 6.85. The van der Waals surface area contributed by atoms with E-state index in [1.165, 1.54) is 23.9 Å². The van der Waals surface area contributed by atoms with Gasteiger partial charge in [-0.05, 0) is 37.6 Å². The molecule has 0 heterocycles. The van der Waals surface area contributed by atoms with Gasteiger partial charge in [-0.1, -0.05) is 30.0 Å². The first kappa shape index (κ1) is 14.0. The fourth-order valence-corrected chi connectivity index (χ4v) is 2.80. The summed E-state index contributed by atoms with van der Waals surface area (Å²) in [6.45, 7) is 1.82. The molecule has 1 nitrogen and oxygen atoms in total. The normalized spacial score (nSPS) is 12.4. The lowest BCUT2D eigenvalue weighted by atomic mass is 10.1. The van der Waals surface area contributed by atoms with Crippen LogP contribution in [-0.4, -0.2) is 6.04 Å². The molecular formula is C15H15F2NS. The van der Waals surface area contributed by atoms with Crippen LogP contribution in [0.5, 0.6) is 0 Å². The summed E-state index contributed by atoms with van der Waals surface area (Å²) in [7, 11) is 0. The van der Waals surface area contributed by atoms with E-state index in [0.29, 0.717) is 21.8 Å². The van der Waals surface area contributed by atoms with Crippen LogP contribution in [0.2, 0.25) is 0 Å². The number of hydrogen-bond acceptors (Lipinski definition) is 2. The van der Waals surface area contributed by atoms with Gasteiger partial charge in [-0.15, -0.1) is 0 Å². The summed E-state index contributed by atoms with van der Waals surface area (Å²) in [4.78, 5) is 1.20. The highest BCUT2D eigenvalue weighted by Gasteiger charge is 2.13. The first-order chi connectivity index (χ1) is 9.08. The van der Waals surface area contributed by atoms with Crippen molar-refractivity contribution in [2.24, 2.45) is 5.73 Å². The minimum atomic E-state index is -0.302. The molecule has 0 aliphatic carbocycles. The molecule has 100 valence electrons. The largest absolute Gasteiger partial charge is 0.328 e. The van der Waals surface area contributed by atoms with E-state index in [-0.39, 0.29) is 17.7 Å². The second kappa shape index (κ2) is 6.17. The third-order valence-corrected chi connectivity index (χ3v) is 3.81. The Morgan fingerprint density at radius 3 is 2.32 bits per heavy atom. The lowest BCUT2D eigenvalue weighted by Gasteiger charge is -2.12. The molecule has 0 spiro atoms. The molecule has 0 aliphatic heterocycles. The Balaban J connectivity index is 2.35. The number of benzene rings is 2. The molecule has 2 N–H and O–H groups in total. The van der Waals surface area contributed by atoms with Crippen LogP contribution < -0.4 is 5.73 Å². The Kier molecular flexibility index (Phi) is 4.56. The standard InChI is InChI=1S/C15H15F2NS/c1-10(18)9-11-12(16)6-4-8-14(11)19-15-7-3-2-5-13(15)17/h2-8,10H,9,18H2,1H3. The van der Waals surface area contributed by atoms with Crippen LogP contribution in [-0.2, 0) is 6.42 Å². The highest BCUT2D eigenvalue weighted by atomic mass is 32.2. The summed E-state index contributed by atoms with van der Waals surface area (Å²) in [5, 5.41) is 0. The van der Waals surface area contributed by atoms with Crippen molar-refractivity contribution in [2.45, 2.75) is 29.2 Å². The average molecular weight is 279 g/mol. The maximum Gasteiger partial charge on any atom is 0.137 e. The van der Waals surface area contributed by atoms with Crippen molar-refractivity contribution in [3.8, 4) is 0 Å². The second-order valence-corrected chi connectivity index (χ2v) is 5.51. The average Bonchev–Trinajstić information content (AvgIpc) is 2.36. The number of halogens is 2. The van der Waals surface area contributed by atoms with E-state index < -0.39 is 0 Å². The Labute approximate surface area is 115 Å². The Bertz CT molecular complexity index is 570. The molecular weight excluding hydrogens is 264 g/mol. The van der Waals surface area contributed by atoms with E-state index in [1.807, 2.05) is 6.92 Å². The number of rotatable bonds is 4. The third kappa shape index (κ3) is 3.55. The van der Waals surface area contributed by atoms with Gasteiger partial charge in [-0.3, -0.25) is 0 Å². The predicted molar refractivity (Wildman–Crippen MR) is 74.3 cm³/mol. The van der Waals surface area contributed by atoms with E-state index in [9.17, 15) is 8.78 Å². The topological polar surface area (TPSA) is 26.0 Å². The molecule has 0 aromatic heterocycles. The van der Waals surface area contributed by atoms with Gasteiger partial charge in [0.15, 0.2) is 0 Å². The van der Waals surface area contributed by atoms with E-state index in [0.717, 1.165) is 0 Å². The quantitative estimate of drug-likeness (QED) is 0.915. The Morgan fingerprint density at radius 2 is 1.63 bits per heavy atom. The third-order valence-electron chi connectivity index (χ3n) is 2.66. The van der Waals surface area contributed by atoms with Crippen molar-refractivity contribution in [2.75, 3.05) is 0 Å². The summed E-state index contributed by atoms with van der Waals surface area (Å²) < 4.78 is 27.5. The van der Waals surface area contributed by atoms with Crippen molar-refractivity contribution in [1.82, 2.24) is 0 Å². The molecule has 0 bridgehead atoms. The van der Waals surface area contributed by atoms with Crippen LogP contribution in [0.25, 0.3) is 0 Å². The SMILES string of the molecule is CC(N)Cc1c(F)cccc1Sc1ccccc1F. The fraction of sp³-hybridized carbons (Fsp3) is 0.200. The number of hydrogen-bond donors (Lipinski definition) is 1. The minimum absolute atomic E-state index is 0.142. The molecule has 19 heavy (non-hydrogen) atoms. The predicted octanol–water partition coefficient (Wildman–Crippen LogP) is 4.01. The van der Waals surface area contributed by atoms with Crippen LogP contribution >= 0.6 is 11.8 Å². The molecule has 1 unspecified atom stereocenters. The van der Waals surface area contributed by atoms with Gasteiger partial charge >= 0.3 is 0 Å². The summed E-state index contributed by atoms with van der Waals surface area (Å²) in [5.74, 6) is -0.595. The zero-order chi connectivity index (χ0) is 13.8. The Morgan fingerprint density at radius 1 is 1.00 bits per heavy atom. The van der Waals surface area contributed by atoms with Gasteiger partial charge in [0, 0.05) is 21.4 Å². The van der Waals surface area contributed by atoms with Gasteiger partial charge in [0.05, 0.1) is 0 Å². The van der Waals surface area contributed by atoms with Crippen LogP contribution in [0.15, 0.2) is 52.3 Å². The maximum atomic E-state index is 13.9. The Hall–Kier alpha value is -1.39. The summed E-state index contributed by atoms with van der Waals surface area (Å²) in [5.41, 5.74) is 6.28. The molecule has 1 atom stereocenters. The molecule has 4 heteroatoms. The van der Waals surface area contributed by atoms with Crippen LogP contribution in [0.3, 0.4) is 0 Å². The zero-order valence-corrected chi connectivity index (χ0v) is 11.4. The van der Waals surface area contributed by atoms with Crippen molar-refractivity contribution >= 4 is 11.8 Å². The van der Waals surface area contributed by atoms with Crippen molar-refractivity contribution in [3.63, 3.8) is 0 Å². The van der Waals surface area contributed by atoms with Crippen molar-refractivity contribution < 1.29 is 8.78 Å². The van der Waals surface area contributed by atoms with Crippen LogP contribution in [0.1, 0.15) is 12.5 Å². The highest BCUT2D eigenvalue weighted by molar-refractivity contribution is 7.99. The molecule has 0 radical (unpaired) electrons. The molecule has 2 aromatic rings. The smallest absolute Gasteiger partial charge is 0.137 e. The van der Waals surface area contributed by atoms with E-state index in [1.54, 1.807) is 30.3 Å². The van der Waals surface area contributed by atoms with Crippen molar-refractivity contribution in [1.29, 1.82) is 0 Å². The molecule has 2 aromatic carbocycles. The van der Waals surface area contributed by atoms with E-state index in [2.05, 4.69) is 0 Å². The monoisotopic (exact) mass is 279 g/mol. The van der Waals surface area contributed by atoms with E-state index >= 15 is 0 Å². The van der Waals surface area contributed by atoms with E-state index in [4.69, 9.17) is 5.73 Å². The second-order valence-electron chi connectivity index (χ2n) is 4.43. The fourth-order valence-electron chi connectivity index (χ4n) is 1.80. The molecule has 0 aliphatic rings.